The van der Waals surface area contributed by atoms with E-state index in [4.69, 9.17) is 0 Å². The fourth-order valence-electron chi connectivity index (χ4n) is 2.01. The van der Waals surface area contributed by atoms with Gasteiger partial charge in [0.25, 0.3) is 0 Å². The van der Waals surface area contributed by atoms with Crippen molar-refractivity contribution in [1.82, 2.24) is 4.98 Å². The van der Waals surface area contributed by atoms with E-state index in [0.29, 0.717) is 12.1 Å². The van der Waals surface area contributed by atoms with Crippen LogP contribution in [0.15, 0.2) is 36.5 Å². The monoisotopic (exact) mass is 321 g/mol. The van der Waals surface area contributed by atoms with E-state index in [-0.39, 0.29) is 11.3 Å². The zero-order valence-corrected chi connectivity index (χ0v) is 10.8. The average Bonchev–Trinajstić information content (AvgIpc) is 2.44. The van der Waals surface area contributed by atoms with Gasteiger partial charge in [0.05, 0.1) is 23.4 Å². The van der Waals surface area contributed by atoms with Crippen molar-refractivity contribution >= 4 is 0 Å². The zero-order valence-electron chi connectivity index (χ0n) is 10.8. The van der Waals surface area contributed by atoms with Gasteiger partial charge < -0.3 is 5.11 Å². The second-order valence-electron chi connectivity index (χ2n) is 4.42. The molecule has 0 amide bonds. The number of halogens is 6. The van der Waals surface area contributed by atoms with Crippen molar-refractivity contribution in [3.63, 3.8) is 0 Å². The predicted octanol–water partition coefficient (Wildman–Crippen LogP) is 4.28. The van der Waals surface area contributed by atoms with Gasteiger partial charge in [-0.1, -0.05) is 12.1 Å². The van der Waals surface area contributed by atoms with Gasteiger partial charge >= 0.3 is 12.4 Å². The van der Waals surface area contributed by atoms with E-state index >= 15 is 0 Å². The van der Waals surface area contributed by atoms with E-state index in [9.17, 15) is 31.4 Å². The zero-order chi connectivity index (χ0) is 16.5. The number of benzene rings is 1. The number of rotatable bonds is 2. The number of hydrogen-bond donors (Lipinski definition) is 1. The molecule has 0 saturated heterocycles. The highest BCUT2D eigenvalue weighted by molar-refractivity contribution is 5.65. The van der Waals surface area contributed by atoms with Crippen molar-refractivity contribution in [2.24, 2.45) is 0 Å². The molecule has 1 aromatic carbocycles. The maximum Gasteiger partial charge on any atom is 0.416 e. The summed E-state index contributed by atoms with van der Waals surface area (Å²) in [6.45, 7) is -0.992. The average molecular weight is 321 g/mol. The van der Waals surface area contributed by atoms with Crippen molar-refractivity contribution in [1.29, 1.82) is 0 Å². The topological polar surface area (TPSA) is 33.1 Å². The van der Waals surface area contributed by atoms with Crippen LogP contribution in [-0.4, -0.2) is 10.1 Å². The van der Waals surface area contributed by atoms with Crippen LogP contribution >= 0.6 is 0 Å². The fraction of sp³-hybridized carbons (Fsp3) is 0.214. The highest BCUT2D eigenvalue weighted by Gasteiger charge is 2.35. The Morgan fingerprint density at radius 1 is 0.955 bits per heavy atom. The van der Waals surface area contributed by atoms with Gasteiger partial charge in [0.15, 0.2) is 0 Å². The summed E-state index contributed by atoms with van der Waals surface area (Å²) in [5.74, 6) is 0. The third-order valence-electron chi connectivity index (χ3n) is 2.98. The molecule has 0 saturated carbocycles. The van der Waals surface area contributed by atoms with Gasteiger partial charge in [-0.2, -0.15) is 26.3 Å². The minimum atomic E-state index is -4.74. The van der Waals surface area contributed by atoms with Gasteiger partial charge in [0.1, 0.15) is 0 Å². The van der Waals surface area contributed by atoms with Crippen LogP contribution in [0.2, 0.25) is 0 Å². The number of alkyl halides is 6. The summed E-state index contributed by atoms with van der Waals surface area (Å²) in [6, 6.07) is 4.44. The van der Waals surface area contributed by atoms with E-state index in [1.165, 1.54) is 6.07 Å². The molecule has 8 heteroatoms. The maximum atomic E-state index is 12.9. The lowest BCUT2D eigenvalue weighted by molar-refractivity contribution is -0.139. The quantitative estimate of drug-likeness (QED) is 0.838. The third-order valence-corrected chi connectivity index (χ3v) is 2.98. The molecule has 0 bridgehead atoms. The molecule has 22 heavy (non-hydrogen) atoms. The Morgan fingerprint density at radius 2 is 1.64 bits per heavy atom. The summed E-state index contributed by atoms with van der Waals surface area (Å²) in [5, 5.41) is 9.19. The SMILES string of the molecule is OCc1c(C(F)(F)F)ccnc1-c1cccc(C(F)(F)F)c1. The summed E-state index contributed by atoms with van der Waals surface area (Å²) in [5.41, 5.74) is -3.17. The number of pyridine rings is 1. The normalized spacial score (nSPS) is 12.5. The van der Waals surface area contributed by atoms with Crippen LogP contribution in [0.5, 0.6) is 0 Å². The van der Waals surface area contributed by atoms with Gasteiger partial charge in [-0.3, -0.25) is 4.98 Å². The van der Waals surface area contributed by atoms with Crippen molar-refractivity contribution < 1.29 is 31.4 Å². The second kappa shape index (κ2) is 5.60. The second-order valence-corrected chi connectivity index (χ2v) is 4.42. The van der Waals surface area contributed by atoms with E-state index in [1.807, 2.05) is 0 Å². The Labute approximate surface area is 121 Å². The lowest BCUT2D eigenvalue weighted by Gasteiger charge is -2.15. The maximum absolute atomic E-state index is 12.9. The molecule has 2 aromatic rings. The fourth-order valence-corrected chi connectivity index (χ4v) is 2.01. The predicted molar refractivity (Wildman–Crippen MR) is 65.6 cm³/mol. The van der Waals surface area contributed by atoms with Crippen molar-refractivity contribution in [3.8, 4) is 11.3 Å². The number of aliphatic hydroxyl groups excluding tert-OH is 1. The van der Waals surface area contributed by atoms with Crippen LogP contribution in [0.3, 0.4) is 0 Å². The van der Waals surface area contributed by atoms with E-state index < -0.39 is 35.6 Å². The molecule has 1 heterocycles. The highest BCUT2D eigenvalue weighted by atomic mass is 19.4. The molecule has 2 rings (SSSR count). The number of nitrogens with zero attached hydrogens (tertiary/aromatic N) is 1. The third kappa shape index (κ3) is 3.22. The lowest BCUT2D eigenvalue weighted by atomic mass is 9.99. The number of aliphatic hydroxyl groups is 1. The lowest BCUT2D eigenvalue weighted by Crippen LogP contribution is -2.11. The number of aromatic nitrogens is 1. The largest absolute Gasteiger partial charge is 0.416 e. The Balaban J connectivity index is 2.64. The van der Waals surface area contributed by atoms with Gasteiger partial charge in [0.2, 0.25) is 0 Å². The molecule has 0 unspecified atom stereocenters. The minimum absolute atomic E-state index is 0.148. The van der Waals surface area contributed by atoms with Crippen molar-refractivity contribution in [2.75, 3.05) is 0 Å². The first kappa shape index (κ1) is 16.3. The van der Waals surface area contributed by atoms with Gasteiger partial charge in [-0.15, -0.1) is 0 Å². The molecular weight excluding hydrogens is 312 g/mol. The Kier molecular flexibility index (Phi) is 4.15. The van der Waals surface area contributed by atoms with Crippen LogP contribution in [0.4, 0.5) is 26.3 Å². The summed E-state index contributed by atoms with van der Waals surface area (Å²) in [4.78, 5) is 3.69. The first-order valence-corrected chi connectivity index (χ1v) is 5.98. The molecule has 0 aliphatic carbocycles. The summed E-state index contributed by atoms with van der Waals surface area (Å²) >= 11 is 0. The summed E-state index contributed by atoms with van der Waals surface area (Å²) < 4.78 is 76.7. The van der Waals surface area contributed by atoms with E-state index in [0.717, 1.165) is 18.3 Å². The molecule has 0 spiro atoms. The van der Waals surface area contributed by atoms with Gasteiger partial charge in [-0.05, 0) is 18.2 Å². The van der Waals surface area contributed by atoms with Crippen LogP contribution in [0.25, 0.3) is 11.3 Å². The van der Waals surface area contributed by atoms with E-state index in [1.54, 1.807) is 0 Å². The highest BCUT2D eigenvalue weighted by Crippen LogP contribution is 2.37. The molecule has 118 valence electrons. The van der Waals surface area contributed by atoms with Crippen LogP contribution < -0.4 is 0 Å². The molecule has 0 fully saturated rings. The summed E-state index contributed by atoms with van der Waals surface area (Å²) in [6.07, 6.45) is -8.52. The Morgan fingerprint density at radius 3 is 2.18 bits per heavy atom. The molecule has 2 nitrogen and oxygen atoms in total. The first-order chi connectivity index (χ1) is 10.1. The Bertz CT molecular complexity index is 678. The molecule has 0 aliphatic rings. The van der Waals surface area contributed by atoms with Crippen molar-refractivity contribution in [3.05, 3.63) is 53.2 Å². The first-order valence-electron chi connectivity index (χ1n) is 5.98. The van der Waals surface area contributed by atoms with Gasteiger partial charge in [-0.25, -0.2) is 0 Å². The van der Waals surface area contributed by atoms with E-state index in [2.05, 4.69) is 4.98 Å². The number of hydrogen-bond acceptors (Lipinski definition) is 2. The van der Waals surface area contributed by atoms with Crippen LogP contribution in [-0.2, 0) is 19.0 Å². The van der Waals surface area contributed by atoms with Crippen molar-refractivity contribution in [2.45, 2.75) is 19.0 Å². The Hall–Kier alpha value is -2.09. The molecule has 1 N–H and O–H groups in total. The smallest absolute Gasteiger partial charge is 0.392 e. The molecule has 0 radical (unpaired) electrons. The summed E-state index contributed by atoms with van der Waals surface area (Å²) in [7, 11) is 0. The van der Waals surface area contributed by atoms with Crippen LogP contribution in [0, 0.1) is 0 Å². The van der Waals surface area contributed by atoms with Crippen LogP contribution in [0.1, 0.15) is 16.7 Å². The molecule has 0 aliphatic heterocycles. The van der Waals surface area contributed by atoms with Gasteiger partial charge in [0, 0.05) is 17.3 Å². The molecule has 0 atom stereocenters. The standard InChI is InChI=1S/C14H9F6NO/c15-13(16,17)9-3-1-2-8(6-9)12-10(7-22)11(4-5-21-12)14(18,19)20/h1-6,22H,7H2. The minimum Gasteiger partial charge on any atom is -0.392 e. The molecule has 1 aromatic heterocycles. The molecular formula is C14H9F6NO.